The van der Waals surface area contributed by atoms with Crippen LogP contribution in [-0.4, -0.2) is 27.2 Å². The molecule has 0 spiro atoms. The molecule has 0 bridgehead atoms. The summed E-state index contributed by atoms with van der Waals surface area (Å²) in [6.45, 7) is 0. The molecule has 0 aliphatic heterocycles. The number of pyridine rings is 1. The first-order valence-corrected chi connectivity index (χ1v) is 6.78. The van der Waals surface area contributed by atoms with E-state index in [0.717, 1.165) is 31.4 Å². The standard InChI is InChI=1S/C13H19N3OS/c14-13(18)11-8-9(6-7-15-11)16-10-4-2-1-3-5-12(10)17/h6-8,10,12,17H,1-5H2,(H2,14,18)(H,15,16). The van der Waals surface area contributed by atoms with E-state index >= 15 is 0 Å². The SMILES string of the molecule is NC(=S)c1cc(NC2CCCCCC2O)ccn1. The average Bonchev–Trinajstić information content (AvgIpc) is 2.55. The number of nitrogens with zero attached hydrogens (tertiary/aromatic N) is 1. The molecule has 1 heterocycles. The van der Waals surface area contributed by atoms with Crippen molar-refractivity contribution in [1.29, 1.82) is 0 Å². The Bertz CT molecular complexity index is 424. The lowest BCUT2D eigenvalue weighted by Gasteiger charge is -2.23. The number of nitrogens with two attached hydrogens (primary N) is 1. The maximum atomic E-state index is 10.1. The molecule has 5 heteroatoms. The molecule has 2 rings (SSSR count). The monoisotopic (exact) mass is 265 g/mol. The first-order valence-electron chi connectivity index (χ1n) is 6.37. The Labute approximate surface area is 113 Å². The van der Waals surface area contributed by atoms with Crippen LogP contribution >= 0.6 is 12.2 Å². The average molecular weight is 265 g/mol. The van der Waals surface area contributed by atoms with Crippen molar-refractivity contribution >= 4 is 22.9 Å². The van der Waals surface area contributed by atoms with Crippen LogP contribution in [0.4, 0.5) is 5.69 Å². The summed E-state index contributed by atoms with van der Waals surface area (Å²) >= 11 is 4.91. The highest BCUT2D eigenvalue weighted by Crippen LogP contribution is 2.21. The lowest BCUT2D eigenvalue weighted by atomic mass is 10.1. The van der Waals surface area contributed by atoms with Gasteiger partial charge in [0.2, 0.25) is 0 Å². The Kier molecular flexibility index (Phi) is 4.49. The van der Waals surface area contributed by atoms with Crippen molar-refractivity contribution in [2.24, 2.45) is 5.73 Å². The minimum absolute atomic E-state index is 0.106. The highest BCUT2D eigenvalue weighted by atomic mass is 32.1. The quantitative estimate of drug-likeness (QED) is 0.574. The third kappa shape index (κ3) is 3.40. The van der Waals surface area contributed by atoms with Gasteiger partial charge in [-0.1, -0.05) is 31.5 Å². The van der Waals surface area contributed by atoms with Gasteiger partial charge in [0.05, 0.1) is 17.8 Å². The van der Waals surface area contributed by atoms with Gasteiger partial charge in [-0.3, -0.25) is 4.98 Å². The van der Waals surface area contributed by atoms with Crippen molar-refractivity contribution in [2.75, 3.05) is 5.32 Å². The Morgan fingerprint density at radius 1 is 1.39 bits per heavy atom. The third-order valence-electron chi connectivity index (χ3n) is 3.34. The minimum Gasteiger partial charge on any atom is -0.391 e. The molecular weight excluding hydrogens is 246 g/mol. The number of hydrogen-bond donors (Lipinski definition) is 3. The van der Waals surface area contributed by atoms with E-state index in [1.807, 2.05) is 12.1 Å². The second-order valence-corrected chi connectivity index (χ2v) is 5.19. The van der Waals surface area contributed by atoms with Crippen LogP contribution in [0.15, 0.2) is 18.3 Å². The van der Waals surface area contributed by atoms with Crippen molar-refractivity contribution in [3.05, 3.63) is 24.0 Å². The predicted molar refractivity (Wildman–Crippen MR) is 76.6 cm³/mol. The van der Waals surface area contributed by atoms with Gasteiger partial charge in [-0.2, -0.15) is 0 Å². The fourth-order valence-corrected chi connectivity index (χ4v) is 2.44. The van der Waals surface area contributed by atoms with Gasteiger partial charge in [0.15, 0.2) is 0 Å². The van der Waals surface area contributed by atoms with Crippen LogP contribution in [0.3, 0.4) is 0 Å². The number of thiocarbonyl (C=S) groups is 1. The zero-order chi connectivity index (χ0) is 13.0. The van der Waals surface area contributed by atoms with Gasteiger partial charge in [-0.25, -0.2) is 0 Å². The maximum absolute atomic E-state index is 10.1. The van der Waals surface area contributed by atoms with Gasteiger partial charge >= 0.3 is 0 Å². The minimum atomic E-state index is -0.283. The number of rotatable bonds is 3. The van der Waals surface area contributed by atoms with E-state index in [2.05, 4.69) is 10.3 Å². The molecule has 0 amide bonds. The summed E-state index contributed by atoms with van der Waals surface area (Å²) in [7, 11) is 0. The molecule has 0 aromatic carbocycles. The molecule has 98 valence electrons. The largest absolute Gasteiger partial charge is 0.391 e. The molecule has 1 aliphatic rings. The smallest absolute Gasteiger partial charge is 0.122 e. The van der Waals surface area contributed by atoms with Gasteiger partial charge in [-0.05, 0) is 25.0 Å². The van der Waals surface area contributed by atoms with Crippen LogP contribution in [-0.2, 0) is 0 Å². The van der Waals surface area contributed by atoms with E-state index in [4.69, 9.17) is 18.0 Å². The van der Waals surface area contributed by atoms with Crippen LogP contribution in [0.5, 0.6) is 0 Å². The predicted octanol–water partition coefficient (Wildman–Crippen LogP) is 1.82. The lowest BCUT2D eigenvalue weighted by Crippen LogP contribution is -2.32. The van der Waals surface area contributed by atoms with E-state index in [9.17, 15) is 5.11 Å². The van der Waals surface area contributed by atoms with Crippen molar-refractivity contribution in [3.8, 4) is 0 Å². The van der Waals surface area contributed by atoms with E-state index in [1.165, 1.54) is 6.42 Å². The molecule has 1 aromatic rings. The highest BCUT2D eigenvalue weighted by Gasteiger charge is 2.21. The number of anilines is 1. The summed E-state index contributed by atoms with van der Waals surface area (Å²) < 4.78 is 0. The summed E-state index contributed by atoms with van der Waals surface area (Å²) in [5.74, 6) is 0. The summed E-state index contributed by atoms with van der Waals surface area (Å²) in [4.78, 5) is 4.39. The molecule has 4 nitrogen and oxygen atoms in total. The molecule has 1 saturated carbocycles. The normalized spacial score (nSPS) is 24.3. The zero-order valence-corrected chi connectivity index (χ0v) is 11.1. The Morgan fingerprint density at radius 2 is 2.17 bits per heavy atom. The van der Waals surface area contributed by atoms with Gasteiger partial charge in [-0.15, -0.1) is 0 Å². The highest BCUT2D eigenvalue weighted by molar-refractivity contribution is 7.80. The Hall–Kier alpha value is -1.20. The van der Waals surface area contributed by atoms with Crippen molar-refractivity contribution in [2.45, 2.75) is 44.2 Å². The molecule has 1 fully saturated rings. The molecule has 0 radical (unpaired) electrons. The van der Waals surface area contributed by atoms with Crippen molar-refractivity contribution < 1.29 is 5.11 Å². The van der Waals surface area contributed by atoms with E-state index < -0.39 is 0 Å². The fraction of sp³-hybridized carbons (Fsp3) is 0.538. The summed E-state index contributed by atoms with van der Waals surface area (Å²) in [6, 6.07) is 3.81. The van der Waals surface area contributed by atoms with Crippen LogP contribution < -0.4 is 11.1 Å². The fourth-order valence-electron chi connectivity index (χ4n) is 2.33. The zero-order valence-electron chi connectivity index (χ0n) is 10.3. The van der Waals surface area contributed by atoms with E-state index in [1.54, 1.807) is 6.20 Å². The van der Waals surface area contributed by atoms with Gasteiger partial charge in [0.1, 0.15) is 4.99 Å². The number of hydrogen-bond acceptors (Lipinski definition) is 4. The third-order valence-corrected chi connectivity index (χ3v) is 3.55. The molecule has 4 N–H and O–H groups in total. The molecule has 2 atom stereocenters. The second kappa shape index (κ2) is 6.11. The lowest BCUT2D eigenvalue weighted by molar-refractivity contribution is 0.144. The molecule has 1 aliphatic carbocycles. The Balaban J connectivity index is 2.07. The summed E-state index contributed by atoms with van der Waals surface area (Å²) in [5, 5.41) is 13.4. The molecule has 18 heavy (non-hydrogen) atoms. The summed E-state index contributed by atoms with van der Waals surface area (Å²) in [6.07, 6.45) is 6.71. The van der Waals surface area contributed by atoms with Crippen molar-refractivity contribution in [1.82, 2.24) is 4.98 Å². The number of aliphatic hydroxyl groups is 1. The maximum Gasteiger partial charge on any atom is 0.122 e. The van der Waals surface area contributed by atoms with Crippen LogP contribution in [0.25, 0.3) is 0 Å². The van der Waals surface area contributed by atoms with Crippen LogP contribution in [0.2, 0.25) is 0 Å². The molecule has 0 saturated heterocycles. The number of aromatic nitrogens is 1. The van der Waals surface area contributed by atoms with Gasteiger partial charge < -0.3 is 16.2 Å². The number of nitrogens with one attached hydrogen (secondary N) is 1. The Morgan fingerprint density at radius 3 is 2.94 bits per heavy atom. The van der Waals surface area contributed by atoms with Crippen LogP contribution in [0.1, 0.15) is 37.8 Å². The summed E-state index contributed by atoms with van der Waals surface area (Å²) in [5.41, 5.74) is 7.08. The first kappa shape index (κ1) is 13.2. The molecule has 2 unspecified atom stereocenters. The topological polar surface area (TPSA) is 71.2 Å². The van der Waals surface area contributed by atoms with Gasteiger partial charge in [0, 0.05) is 11.9 Å². The first-order chi connectivity index (χ1) is 8.66. The molecular formula is C13H19N3OS. The van der Waals surface area contributed by atoms with E-state index in [-0.39, 0.29) is 12.1 Å². The van der Waals surface area contributed by atoms with Crippen molar-refractivity contribution in [3.63, 3.8) is 0 Å². The second-order valence-electron chi connectivity index (χ2n) is 4.75. The van der Waals surface area contributed by atoms with Gasteiger partial charge in [0.25, 0.3) is 0 Å². The van der Waals surface area contributed by atoms with E-state index in [0.29, 0.717) is 10.7 Å². The number of aliphatic hydroxyl groups excluding tert-OH is 1. The van der Waals surface area contributed by atoms with Crippen LogP contribution in [0, 0.1) is 0 Å². The molecule has 1 aromatic heterocycles.